The van der Waals surface area contributed by atoms with Gasteiger partial charge in [0.25, 0.3) is 5.56 Å². The van der Waals surface area contributed by atoms with Crippen molar-refractivity contribution in [1.29, 1.82) is 0 Å². The van der Waals surface area contributed by atoms with E-state index in [0.717, 1.165) is 44.2 Å². The van der Waals surface area contributed by atoms with Crippen LogP contribution in [-0.2, 0) is 85.4 Å². The molecule has 3 aliphatic heterocycles. The van der Waals surface area contributed by atoms with Gasteiger partial charge in [0.2, 0.25) is 5.60 Å². The van der Waals surface area contributed by atoms with Gasteiger partial charge in [0.1, 0.15) is 19.3 Å². The number of nitrogens with one attached hydrogen (secondary N) is 1. The Hall–Kier alpha value is -5.92. The molecule has 1 saturated heterocycles. The highest BCUT2D eigenvalue weighted by atomic mass is 16.7. The summed E-state index contributed by atoms with van der Waals surface area (Å²) in [6, 6.07) is 11.2. The molecular weight excluding hydrogens is 766 g/mol. The molecule has 0 radical (unpaired) electrons. The summed E-state index contributed by atoms with van der Waals surface area (Å²) >= 11 is 0. The first-order valence-electron chi connectivity index (χ1n) is 18.5. The van der Waals surface area contributed by atoms with Crippen LogP contribution < -0.4 is 10.9 Å². The van der Waals surface area contributed by atoms with Crippen LogP contribution in [0.25, 0.3) is 22.3 Å². The number of pyridine rings is 2. The maximum absolute atomic E-state index is 13.8. The molecule has 0 saturated carbocycles. The summed E-state index contributed by atoms with van der Waals surface area (Å²) in [6.45, 7) is 5.34. The minimum absolute atomic E-state index is 0.0275. The number of hydrogen-bond donors (Lipinski definition) is 1. The van der Waals surface area contributed by atoms with Crippen LogP contribution in [0.2, 0.25) is 0 Å². The number of amides is 1. The van der Waals surface area contributed by atoms with Gasteiger partial charge in [-0.15, -0.1) is 0 Å². The fourth-order valence-electron chi connectivity index (χ4n) is 7.15. The van der Waals surface area contributed by atoms with E-state index in [0.29, 0.717) is 11.4 Å². The Morgan fingerprint density at radius 1 is 0.897 bits per heavy atom. The molecule has 19 heteroatoms. The monoisotopic (exact) mass is 809 g/mol. The maximum Gasteiger partial charge on any atom is 0.408 e. The summed E-state index contributed by atoms with van der Waals surface area (Å²) in [5.41, 5.74) is 0.837. The zero-order valence-corrected chi connectivity index (χ0v) is 32.4. The predicted octanol–water partition coefficient (Wildman–Crippen LogP) is 1.93. The molecule has 1 aromatic carbocycles. The highest BCUT2D eigenvalue weighted by Gasteiger charge is 2.53. The molecule has 1 N–H and O–H groups in total. The summed E-state index contributed by atoms with van der Waals surface area (Å²) in [5, 5.41) is 3.46. The lowest BCUT2D eigenvalue weighted by molar-refractivity contribution is -0.309. The largest absolute Gasteiger partial charge is 0.463 e. The Balaban J connectivity index is 1.07. The summed E-state index contributed by atoms with van der Waals surface area (Å²) in [5.74, 6) is -3.82. The van der Waals surface area contributed by atoms with E-state index in [1.54, 1.807) is 17.6 Å². The van der Waals surface area contributed by atoms with Crippen molar-refractivity contribution in [3.8, 4) is 11.4 Å². The quantitative estimate of drug-likeness (QED) is 0.109. The van der Waals surface area contributed by atoms with Gasteiger partial charge >= 0.3 is 35.9 Å². The Kier molecular flexibility index (Phi) is 12.7. The molecule has 3 aromatic rings. The number of esters is 5. The standard InChI is InChI=1S/C39H43N3O16/c1-6-39(27-16-29-31-25(15-24-9-7-8-10-28(24)41-31)17-42(29)35(47)26(27)18-53-37(39)48)58-38(49)40-11-12-50-13-14-51-36-34(56-23(5)46)33(55-22(4)45)32(54-21(3)44)30(57-36)19-52-20(2)43/h7-10,15-16,30,32-34,36H,6,11-14,17-19H2,1-5H3,(H,40,49)/t30-,32-,33+,34-,36-,39+/m1/s1. The number of carbonyl (C=O) groups excluding carboxylic acids is 6. The maximum atomic E-state index is 13.8. The lowest BCUT2D eigenvalue weighted by Gasteiger charge is -2.44. The van der Waals surface area contributed by atoms with E-state index in [2.05, 4.69) is 5.32 Å². The molecule has 0 aliphatic carbocycles. The van der Waals surface area contributed by atoms with Crippen molar-refractivity contribution in [1.82, 2.24) is 14.9 Å². The van der Waals surface area contributed by atoms with E-state index in [1.807, 2.05) is 30.3 Å². The van der Waals surface area contributed by atoms with Crippen LogP contribution in [0.1, 0.15) is 57.7 Å². The van der Waals surface area contributed by atoms with Gasteiger partial charge in [-0.25, -0.2) is 14.6 Å². The Labute approximate surface area is 331 Å². The van der Waals surface area contributed by atoms with E-state index in [-0.39, 0.29) is 62.6 Å². The van der Waals surface area contributed by atoms with E-state index < -0.39 is 78.9 Å². The first-order chi connectivity index (χ1) is 27.7. The van der Waals surface area contributed by atoms with Crippen LogP contribution in [0.3, 0.4) is 0 Å². The molecule has 5 heterocycles. The van der Waals surface area contributed by atoms with Gasteiger partial charge in [-0.3, -0.25) is 24.0 Å². The SMILES string of the molecule is CC[C@@]1(OC(=O)NCCOCCO[C@@H]2O[C@H](COC(C)=O)[C@@H](OC(C)=O)[C@H](OC(C)=O)[C@H]2OC(C)=O)C(=O)OCc2c1cc1n(c2=O)Cc2cc3ccccc3nc2-1. The molecule has 3 aliphatic rings. The number of ether oxygens (including phenoxy) is 9. The van der Waals surface area contributed by atoms with E-state index in [1.165, 1.54) is 0 Å². The van der Waals surface area contributed by atoms with Crippen molar-refractivity contribution in [3.63, 3.8) is 0 Å². The average Bonchev–Trinajstić information content (AvgIpc) is 3.53. The van der Waals surface area contributed by atoms with Crippen molar-refractivity contribution in [2.75, 3.05) is 33.0 Å². The molecule has 58 heavy (non-hydrogen) atoms. The lowest BCUT2D eigenvalue weighted by Crippen LogP contribution is -2.63. The second-order valence-electron chi connectivity index (χ2n) is 13.6. The third kappa shape index (κ3) is 8.80. The van der Waals surface area contributed by atoms with Gasteiger partial charge in [-0.2, -0.15) is 0 Å². The summed E-state index contributed by atoms with van der Waals surface area (Å²) < 4.78 is 51.2. The number of rotatable bonds is 14. The Bertz CT molecular complexity index is 2170. The predicted molar refractivity (Wildman–Crippen MR) is 196 cm³/mol. The number of cyclic esters (lactones) is 1. The van der Waals surface area contributed by atoms with Crippen molar-refractivity contribution >= 4 is 46.8 Å². The molecule has 310 valence electrons. The van der Waals surface area contributed by atoms with Gasteiger partial charge in [-0.1, -0.05) is 25.1 Å². The van der Waals surface area contributed by atoms with Crippen LogP contribution >= 0.6 is 0 Å². The fourth-order valence-corrected chi connectivity index (χ4v) is 7.15. The molecule has 6 rings (SSSR count). The van der Waals surface area contributed by atoms with Gasteiger partial charge in [-0.05, 0) is 24.6 Å². The summed E-state index contributed by atoms with van der Waals surface area (Å²) in [6.07, 6.45) is -7.69. The van der Waals surface area contributed by atoms with Crippen LogP contribution in [0, 0.1) is 0 Å². The highest BCUT2D eigenvalue weighted by Crippen LogP contribution is 2.41. The zero-order valence-electron chi connectivity index (χ0n) is 32.4. The summed E-state index contributed by atoms with van der Waals surface area (Å²) in [7, 11) is 0. The number of hydrogen-bond acceptors (Lipinski definition) is 17. The molecule has 0 spiro atoms. The molecule has 0 bridgehead atoms. The van der Waals surface area contributed by atoms with Crippen molar-refractivity contribution in [3.05, 3.63) is 63.4 Å². The van der Waals surface area contributed by atoms with Gasteiger partial charge in [0.05, 0.1) is 48.8 Å². The van der Waals surface area contributed by atoms with E-state index in [9.17, 15) is 33.6 Å². The molecule has 6 atom stereocenters. The van der Waals surface area contributed by atoms with Crippen LogP contribution in [0.4, 0.5) is 4.79 Å². The number of benzene rings is 1. The molecule has 19 nitrogen and oxygen atoms in total. The fraction of sp³-hybridized carbons (Fsp3) is 0.487. The van der Waals surface area contributed by atoms with Crippen molar-refractivity contribution < 1.29 is 71.4 Å². The smallest absolute Gasteiger partial charge is 0.408 e. The van der Waals surface area contributed by atoms with Gasteiger partial charge < -0.3 is 52.5 Å². The van der Waals surface area contributed by atoms with Gasteiger partial charge in [0.15, 0.2) is 24.6 Å². The number of para-hydroxylation sites is 1. The van der Waals surface area contributed by atoms with Crippen molar-refractivity contribution in [2.24, 2.45) is 0 Å². The van der Waals surface area contributed by atoms with Crippen LogP contribution in [-0.4, -0.2) is 109 Å². The number of fused-ring (bicyclic) bond motifs is 5. The minimum atomic E-state index is -1.91. The summed E-state index contributed by atoms with van der Waals surface area (Å²) in [4.78, 5) is 92.7. The third-order valence-electron chi connectivity index (χ3n) is 9.63. The normalized spacial score (nSPS) is 23.1. The number of nitrogens with zero attached hydrogens (tertiary/aromatic N) is 2. The minimum Gasteiger partial charge on any atom is -0.463 e. The second-order valence-corrected chi connectivity index (χ2v) is 13.6. The lowest BCUT2D eigenvalue weighted by atomic mass is 9.85. The molecule has 2 aromatic heterocycles. The molecular formula is C39H43N3O16. The first-order valence-corrected chi connectivity index (χ1v) is 18.5. The van der Waals surface area contributed by atoms with Crippen LogP contribution in [0.15, 0.2) is 41.2 Å². The third-order valence-corrected chi connectivity index (χ3v) is 9.63. The van der Waals surface area contributed by atoms with E-state index >= 15 is 0 Å². The average molecular weight is 810 g/mol. The molecule has 0 unspecified atom stereocenters. The first kappa shape index (κ1) is 41.7. The van der Waals surface area contributed by atoms with Crippen LogP contribution in [0.5, 0.6) is 0 Å². The Morgan fingerprint density at radius 2 is 1.60 bits per heavy atom. The molecule has 1 fully saturated rings. The Morgan fingerprint density at radius 3 is 2.31 bits per heavy atom. The zero-order chi connectivity index (χ0) is 41.7. The van der Waals surface area contributed by atoms with Crippen molar-refractivity contribution in [2.45, 2.75) is 90.5 Å². The topological polar surface area (TPSA) is 232 Å². The second kappa shape index (κ2) is 17.7. The number of carbonyl (C=O) groups is 6. The highest BCUT2D eigenvalue weighted by molar-refractivity contribution is 5.88. The molecule has 1 amide bonds. The van der Waals surface area contributed by atoms with E-state index in [4.69, 9.17) is 47.6 Å². The van der Waals surface area contributed by atoms with Gasteiger partial charge in [0, 0.05) is 50.8 Å². The number of alkyl carbamates (subject to hydrolysis) is 1. The number of aromatic nitrogens is 2.